The molecule has 0 spiro atoms. The van der Waals surface area contributed by atoms with Gasteiger partial charge in [-0.1, -0.05) is 13.0 Å². The van der Waals surface area contributed by atoms with Crippen molar-refractivity contribution in [3.8, 4) is 0 Å². The van der Waals surface area contributed by atoms with Crippen LogP contribution in [0.2, 0.25) is 0 Å². The van der Waals surface area contributed by atoms with Crippen LogP contribution in [0.5, 0.6) is 0 Å². The average Bonchev–Trinajstić information content (AvgIpc) is 2.08. The number of hydrogen-bond acceptors (Lipinski definition) is 2. The predicted molar refractivity (Wildman–Crippen MR) is 51.6 cm³/mol. The van der Waals surface area contributed by atoms with E-state index in [1.807, 2.05) is 0 Å². The number of carboxylic acids is 1. The summed E-state index contributed by atoms with van der Waals surface area (Å²) in [5.74, 6) is -0.0231. The molecule has 0 aliphatic carbocycles. The number of piperidine rings is 1. The molecule has 0 amide bonds. The topological polar surface area (TPSA) is 40.5 Å². The Morgan fingerprint density at radius 2 is 2.15 bits per heavy atom. The highest BCUT2D eigenvalue weighted by atomic mass is 16.4. The molecular weight excluding hydrogens is 166 g/mol. The van der Waals surface area contributed by atoms with Gasteiger partial charge >= 0.3 is 5.97 Å². The minimum absolute atomic E-state index is 0.777. The molecule has 1 aliphatic rings. The van der Waals surface area contributed by atoms with E-state index in [0.29, 0.717) is 0 Å². The van der Waals surface area contributed by atoms with Crippen molar-refractivity contribution in [3.63, 3.8) is 0 Å². The number of carbonyl (C=O) groups is 1. The first-order chi connectivity index (χ1) is 6.18. The molecule has 0 atom stereocenters. The van der Waals surface area contributed by atoms with Crippen LogP contribution in [0.1, 0.15) is 19.8 Å². The second-order valence-electron chi connectivity index (χ2n) is 3.72. The van der Waals surface area contributed by atoms with Gasteiger partial charge in [0.25, 0.3) is 0 Å². The summed E-state index contributed by atoms with van der Waals surface area (Å²) in [6.45, 7) is 5.25. The number of hydrogen-bond donors (Lipinski definition) is 1. The highest BCUT2D eigenvalue weighted by Gasteiger charge is 2.13. The van der Waals surface area contributed by atoms with Crippen LogP contribution in [0.25, 0.3) is 0 Å². The van der Waals surface area contributed by atoms with Crippen LogP contribution in [0, 0.1) is 5.92 Å². The maximum atomic E-state index is 10.2. The zero-order chi connectivity index (χ0) is 9.68. The van der Waals surface area contributed by atoms with Gasteiger partial charge in [0.05, 0.1) is 0 Å². The van der Waals surface area contributed by atoms with Gasteiger partial charge in [-0.2, -0.15) is 0 Å². The Balaban J connectivity index is 2.19. The van der Waals surface area contributed by atoms with Crippen molar-refractivity contribution in [1.82, 2.24) is 4.90 Å². The monoisotopic (exact) mass is 183 g/mol. The summed E-state index contributed by atoms with van der Waals surface area (Å²) in [7, 11) is 0. The lowest BCUT2D eigenvalue weighted by atomic mass is 9.99. The molecule has 1 rings (SSSR count). The van der Waals surface area contributed by atoms with E-state index in [4.69, 9.17) is 5.11 Å². The van der Waals surface area contributed by atoms with E-state index in [0.717, 1.165) is 25.6 Å². The van der Waals surface area contributed by atoms with Crippen molar-refractivity contribution >= 4 is 5.97 Å². The Morgan fingerprint density at radius 3 is 2.69 bits per heavy atom. The number of aliphatic carboxylic acids is 1. The van der Waals surface area contributed by atoms with Gasteiger partial charge < -0.3 is 5.11 Å². The minimum atomic E-state index is -0.856. The molecule has 0 aromatic rings. The Labute approximate surface area is 79.0 Å². The number of rotatable bonds is 3. The molecular formula is C10H17NO2. The molecule has 0 saturated carbocycles. The van der Waals surface area contributed by atoms with Gasteiger partial charge in [-0.05, 0) is 31.8 Å². The second-order valence-corrected chi connectivity index (χ2v) is 3.72. The van der Waals surface area contributed by atoms with Gasteiger partial charge in [0.1, 0.15) is 0 Å². The molecule has 0 aromatic heterocycles. The minimum Gasteiger partial charge on any atom is -0.478 e. The molecule has 1 fully saturated rings. The first-order valence-electron chi connectivity index (χ1n) is 4.80. The quantitative estimate of drug-likeness (QED) is 0.672. The molecule has 1 heterocycles. The molecule has 1 saturated heterocycles. The standard InChI is InChI=1S/C10H17NO2/c1-9-4-7-11(8-5-9)6-2-3-10(12)13/h2-3,9H,4-8H2,1H3,(H,12,13)/b3-2+. The number of nitrogens with zero attached hydrogens (tertiary/aromatic N) is 1. The van der Waals surface area contributed by atoms with Gasteiger partial charge in [0, 0.05) is 12.6 Å². The van der Waals surface area contributed by atoms with Crippen LogP contribution in [-0.2, 0) is 4.79 Å². The second kappa shape index (κ2) is 5.02. The fourth-order valence-corrected chi connectivity index (χ4v) is 1.55. The smallest absolute Gasteiger partial charge is 0.328 e. The van der Waals surface area contributed by atoms with E-state index in [2.05, 4.69) is 11.8 Å². The summed E-state index contributed by atoms with van der Waals surface area (Å²) in [4.78, 5) is 12.5. The van der Waals surface area contributed by atoms with Crippen LogP contribution in [0.3, 0.4) is 0 Å². The van der Waals surface area contributed by atoms with Crippen molar-refractivity contribution in [3.05, 3.63) is 12.2 Å². The van der Waals surface area contributed by atoms with Crippen LogP contribution in [0.4, 0.5) is 0 Å². The largest absolute Gasteiger partial charge is 0.478 e. The van der Waals surface area contributed by atoms with E-state index in [1.165, 1.54) is 18.9 Å². The van der Waals surface area contributed by atoms with Crippen molar-refractivity contribution in [1.29, 1.82) is 0 Å². The van der Waals surface area contributed by atoms with Gasteiger partial charge in [0.15, 0.2) is 0 Å². The Hall–Kier alpha value is -0.830. The molecule has 3 heteroatoms. The molecule has 0 unspecified atom stereocenters. The van der Waals surface area contributed by atoms with Crippen molar-refractivity contribution in [2.45, 2.75) is 19.8 Å². The first-order valence-corrected chi connectivity index (χ1v) is 4.80. The SMILES string of the molecule is CC1CCN(C/C=C/C(=O)O)CC1. The maximum absolute atomic E-state index is 10.2. The third-order valence-electron chi connectivity index (χ3n) is 2.50. The van der Waals surface area contributed by atoms with E-state index >= 15 is 0 Å². The molecule has 0 aromatic carbocycles. The third-order valence-corrected chi connectivity index (χ3v) is 2.50. The fourth-order valence-electron chi connectivity index (χ4n) is 1.55. The molecule has 1 N–H and O–H groups in total. The van der Waals surface area contributed by atoms with Crippen molar-refractivity contribution in [2.24, 2.45) is 5.92 Å². The van der Waals surface area contributed by atoms with Gasteiger partial charge in [0.2, 0.25) is 0 Å². The molecule has 1 aliphatic heterocycles. The van der Waals surface area contributed by atoms with E-state index in [9.17, 15) is 4.79 Å². The van der Waals surface area contributed by atoms with E-state index in [-0.39, 0.29) is 0 Å². The van der Waals surface area contributed by atoms with Crippen LogP contribution >= 0.6 is 0 Å². The maximum Gasteiger partial charge on any atom is 0.328 e. The fraction of sp³-hybridized carbons (Fsp3) is 0.700. The van der Waals surface area contributed by atoms with Crippen LogP contribution in [-0.4, -0.2) is 35.6 Å². The zero-order valence-corrected chi connectivity index (χ0v) is 8.07. The van der Waals surface area contributed by atoms with Crippen molar-refractivity contribution in [2.75, 3.05) is 19.6 Å². The summed E-state index contributed by atoms with van der Waals surface area (Å²) in [6.07, 6.45) is 5.41. The normalized spacial score (nSPS) is 21.0. The van der Waals surface area contributed by atoms with Crippen LogP contribution in [0.15, 0.2) is 12.2 Å². The van der Waals surface area contributed by atoms with Crippen LogP contribution < -0.4 is 0 Å². The summed E-state index contributed by atoms with van der Waals surface area (Å²) in [5, 5.41) is 8.38. The number of carboxylic acid groups (broad SMARTS) is 1. The summed E-state index contributed by atoms with van der Waals surface area (Å²) < 4.78 is 0. The molecule has 0 radical (unpaired) electrons. The first kappa shape index (κ1) is 10.3. The van der Waals surface area contributed by atoms with E-state index < -0.39 is 5.97 Å². The lowest BCUT2D eigenvalue weighted by molar-refractivity contribution is -0.131. The summed E-state index contributed by atoms with van der Waals surface area (Å²) in [6, 6.07) is 0. The molecule has 3 nitrogen and oxygen atoms in total. The van der Waals surface area contributed by atoms with Crippen molar-refractivity contribution < 1.29 is 9.90 Å². The Kier molecular flexibility index (Phi) is 3.96. The molecule has 0 bridgehead atoms. The molecule has 74 valence electrons. The summed E-state index contributed by atoms with van der Waals surface area (Å²) >= 11 is 0. The number of likely N-dealkylation sites (tertiary alicyclic amines) is 1. The summed E-state index contributed by atoms with van der Waals surface area (Å²) in [5.41, 5.74) is 0. The van der Waals surface area contributed by atoms with Gasteiger partial charge in [-0.25, -0.2) is 4.79 Å². The highest BCUT2D eigenvalue weighted by molar-refractivity contribution is 5.79. The lowest BCUT2D eigenvalue weighted by Gasteiger charge is -2.28. The average molecular weight is 183 g/mol. The van der Waals surface area contributed by atoms with E-state index in [1.54, 1.807) is 6.08 Å². The highest BCUT2D eigenvalue weighted by Crippen LogP contribution is 2.15. The Morgan fingerprint density at radius 1 is 1.54 bits per heavy atom. The van der Waals surface area contributed by atoms with Gasteiger partial charge in [-0.15, -0.1) is 0 Å². The predicted octanol–water partition coefficient (Wildman–Crippen LogP) is 1.36. The van der Waals surface area contributed by atoms with Gasteiger partial charge in [-0.3, -0.25) is 4.90 Å². The zero-order valence-electron chi connectivity index (χ0n) is 8.07. The molecule has 13 heavy (non-hydrogen) atoms. The third kappa shape index (κ3) is 4.08. The Bertz CT molecular complexity index is 193. The lowest BCUT2D eigenvalue weighted by Crippen LogP contribution is -2.32.